The predicted octanol–water partition coefficient (Wildman–Crippen LogP) is 12.8. The molecule has 0 unspecified atom stereocenters. The topological polar surface area (TPSA) is 0 Å². The number of quaternary nitrogens is 1. The fraction of sp³-hybridized carbons (Fsp3) is 0.838. The fourth-order valence-electron chi connectivity index (χ4n) is 7.42. The Morgan fingerprint density at radius 2 is 0.526 bits per heavy atom. The molecule has 3 aliphatic carbocycles. The smallest absolute Gasteiger partial charge is 0.114 e. The Kier molecular flexibility index (Phi) is 16.8. The van der Waals surface area contributed by atoms with Crippen molar-refractivity contribution < 1.29 is 4.48 Å². The molecule has 0 aromatic carbocycles. The van der Waals surface area contributed by atoms with E-state index in [0.717, 1.165) is 4.48 Å². The van der Waals surface area contributed by atoms with Gasteiger partial charge in [0.05, 0.1) is 7.05 Å². The summed E-state index contributed by atoms with van der Waals surface area (Å²) in [5.74, 6) is 0. The van der Waals surface area contributed by atoms with Crippen LogP contribution in [0.2, 0.25) is 0 Å². The average molecular weight is 525 g/mol. The zero-order chi connectivity index (χ0) is 26.6. The van der Waals surface area contributed by atoms with Gasteiger partial charge < -0.3 is 0 Å². The molecule has 0 saturated heterocycles. The highest BCUT2D eigenvalue weighted by Crippen LogP contribution is 2.40. The van der Waals surface area contributed by atoms with E-state index in [2.05, 4.69) is 25.3 Å². The van der Waals surface area contributed by atoms with E-state index in [-0.39, 0.29) is 0 Å². The van der Waals surface area contributed by atoms with Gasteiger partial charge in [-0.05, 0) is 76.0 Å². The van der Waals surface area contributed by atoms with Gasteiger partial charge in [0.25, 0.3) is 0 Å². The average Bonchev–Trinajstić information content (AvgIpc) is 2.89. The number of nitrogens with zero attached hydrogens (tertiary/aromatic N) is 1. The highest BCUT2D eigenvalue weighted by Gasteiger charge is 2.36. The molecule has 0 N–H and O–H groups in total. The van der Waals surface area contributed by atoms with Crippen molar-refractivity contribution in [3.63, 3.8) is 0 Å². The van der Waals surface area contributed by atoms with Crippen LogP contribution in [-0.2, 0) is 0 Å². The van der Waals surface area contributed by atoms with Crippen LogP contribution in [0, 0.1) is 0 Å². The van der Waals surface area contributed by atoms with Gasteiger partial charge in [-0.2, -0.15) is 0 Å². The Morgan fingerprint density at radius 3 is 0.789 bits per heavy atom. The van der Waals surface area contributed by atoms with Crippen LogP contribution in [0.5, 0.6) is 0 Å². The van der Waals surface area contributed by atoms with Crippen LogP contribution < -0.4 is 0 Å². The number of hydrogen-bond donors (Lipinski definition) is 0. The van der Waals surface area contributed by atoms with Gasteiger partial charge in [-0.15, -0.1) is 0 Å². The van der Waals surface area contributed by atoms with Crippen molar-refractivity contribution in [2.75, 3.05) is 7.05 Å². The molecule has 218 valence electrons. The van der Waals surface area contributed by atoms with Crippen LogP contribution in [0.1, 0.15) is 193 Å². The van der Waals surface area contributed by atoms with E-state index in [1.807, 2.05) is 0 Å². The third-order valence-electron chi connectivity index (χ3n) is 10.0. The predicted molar refractivity (Wildman–Crippen MR) is 169 cm³/mol. The van der Waals surface area contributed by atoms with E-state index >= 15 is 0 Å². The van der Waals surface area contributed by atoms with Crippen LogP contribution in [0.15, 0.2) is 35.3 Å². The zero-order valence-corrected chi connectivity index (χ0v) is 25.9. The van der Waals surface area contributed by atoms with Crippen LogP contribution in [0.4, 0.5) is 0 Å². The van der Waals surface area contributed by atoms with Gasteiger partial charge in [0.15, 0.2) is 0 Å². The van der Waals surface area contributed by atoms with Crippen LogP contribution in [-0.4, -0.2) is 11.5 Å². The van der Waals surface area contributed by atoms with Gasteiger partial charge >= 0.3 is 0 Å². The molecule has 1 nitrogen and oxygen atoms in total. The van der Waals surface area contributed by atoms with Gasteiger partial charge in [-0.25, -0.2) is 4.48 Å². The van der Waals surface area contributed by atoms with E-state index in [4.69, 9.17) is 0 Å². The first-order valence-corrected chi connectivity index (χ1v) is 17.8. The van der Waals surface area contributed by atoms with Gasteiger partial charge in [-0.3, -0.25) is 0 Å². The second-order valence-electron chi connectivity index (χ2n) is 13.2. The molecule has 1 heteroatoms. The Labute approximate surface area is 239 Å². The molecule has 0 amide bonds. The number of allylic oxidation sites excluding steroid dienone is 6. The molecule has 0 aliphatic heterocycles. The van der Waals surface area contributed by atoms with Crippen molar-refractivity contribution in [1.29, 1.82) is 0 Å². The first kappa shape index (κ1) is 31.7. The van der Waals surface area contributed by atoms with Crippen LogP contribution in [0.3, 0.4) is 0 Å². The Hall–Kier alpha value is -0.820. The summed E-state index contributed by atoms with van der Waals surface area (Å²) in [5.41, 5.74) is 5.30. The molecule has 38 heavy (non-hydrogen) atoms. The summed E-state index contributed by atoms with van der Waals surface area (Å²) >= 11 is 0. The van der Waals surface area contributed by atoms with Gasteiger partial charge in [0.1, 0.15) is 17.1 Å². The molecule has 3 rings (SSSR count). The molecule has 0 aromatic rings. The van der Waals surface area contributed by atoms with Gasteiger partial charge in [-0.1, -0.05) is 116 Å². The minimum Gasteiger partial charge on any atom is -0.241 e. The molecule has 0 spiro atoms. The summed E-state index contributed by atoms with van der Waals surface area (Å²) in [4.78, 5) is 0. The lowest BCUT2D eigenvalue weighted by molar-refractivity contribution is -0.799. The highest BCUT2D eigenvalue weighted by atomic mass is 15.4. The molecule has 3 aliphatic rings. The summed E-state index contributed by atoms with van der Waals surface area (Å²) in [6, 6.07) is 0. The quantitative estimate of drug-likeness (QED) is 0.322. The maximum Gasteiger partial charge on any atom is 0.114 e. The largest absolute Gasteiger partial charge is 0.241 e. The zero-order valence-electron chi connectivity index (χ0n) is 25.9. The van der Waals surface area contributed by atoms with E-state index in [9.17, 15) is 0 Å². The lowest BCUT2D eigenvalue weighted by Gasteiger charge is -2.40. The summed E-state index contributed by atoms with van der Waals surface area (Å²) in [5, 5.41) is 0. The molecular formula is C37H66N+. The van der Waals surface area contributed by atoms with E-state index in [0.29, 0.717) is 0 Å². The van der Waals surface area contributed by atoms with Crippen molar-refractivity contribution in [1.82, 2.24) is 0 Å². The SMILES string of the molecule is C[N+](C1=CCCCCCCCCCC1)(C1=CCCCCCCCCCC1)C1=CCCCCCCCCCC1. The summed E-state index contributed by atoms with van der Waals surface area (Å²) in [7, 11) is 2.66. The van der Waals surface area contributed by atoms with Gasteiger partial charge in [0, 0.05) is 19.3 Å². The van der Waals surface area contributed by atoms with Crippen molar-refractivity contribution in [2.45, 2.75) is 193 Å². The second kappa shape index (κ2) is 20.1. The normalized spacial score (nSPS) is 25.7. The minimum absolute atomic E-state index is 1.08. The van der Waals surface area contributed by atoms with Crippen LogP contribution in [0.25, 0.3) is 0 Å². The monoisotopic (exact) mass is 525 g/mol. The highest BCUT2D eigenvalue weighted by molar-refractivity contribution is 5.12. The lowest BCUT2D eigenvalue weighted by Crippen LogP contribution is -2.41. The molecule has 0 aromatic heterocycles. The second-order valence-corrected chi connectivity index (χ2v) is 13.2. The Morgan fingerprint density at radius 1 is 0.316 bits per heavy atom. The summed E-state index contributed by atoms with van der Waals surface area (Å²) in [6.07, 6.45) is 50.5. The molecule has 0 atom stereocenters. The molecular weight excluding hydrogens is 458 g/mol. The molecule has 0 heterocycles. The van der Waals surface area contributed by atoms with Crippen molar-refractivity contribution >= 4 is 0 Å². The maximum atomic E-state index is 2.76. The van der Waals surface area contributed by atoms with Crippen molar-refractivity contribution in [3.05, 3.63) is 35.3 Å². The minimum atomic E-state index is 1.08. The first-order valence-electron chi connectivity index (χ1n) is 17.8. The van der Waals surface area contributed by atoms with Crippen molar-refractivity contribution in [2.24, 2.45) is 0 Å². The van der Waals surface area contributed by atoms with E-state index in [1.54, 1.807) is 17.1 Å². The van der Waals surface area contributed by atoms with Crippen molar-refractivity contribution in [3.8, 4) is 0 Å². The van der Waals surface area contributed by atoms with E-state index in [1.165, 1.54) is 193 Å². The fourth-order valence-corrected chi connectivity index (χ4v) is 7.42. The van der Waals surface area contributed by atoms with Gasteiger partial charge in [0.2, 0.25) is 0 Å². The number of hydrogen-bond acceptors (Lipinski definition) is 0. The van der Waals surface area contributed by atoms with Crippen LogP contribution >= 0.6 is 0 Å². The molecule has 0 fully saturated rings. The molecule has 0 bridgehead atoms. The summed E-state index contributed by atoms with van der Waals surface area (Å²) in [6.45, 7) is 0. The molecule has 0 saturated carbocycles. The number of rotatable bonds is 3. The standard InChI is InChI=1S/C37H66N/c1-38(35-29-23-17-11-5-2-6-12-18-24-30-35,36-31-25-19-13-7-3-8-14-20-26-32-36)37-33-27-21-15-9-4-10-16-22-28-34-37/h29,31,33H,2-28,30,32,34H2,1H3/q+1. The first-order chi connectivity index (χ1) is 18.8. The summed E-state index contributed by atoms with van der Waals surface area (Å²) < 4.78 is 1.08. The van der Waals surface area contributed by atoms with E-state index < -0.39 is 0 Å². The lowest BCUT2D eigenvalue weighted by atomic mass is 9.95. The Balaban J connectivity index is 1.96. The third-order valence-corrected chi connectivity index (χ3v) is 10.0. The maximum absolute atomic E-state index is 2.76. The Bertz CT molecular complexity index is 602. The third kappa shape index (κ3) is 11.7. The molecule has 0 radical (unpaired) electrons.